The van der Waals surface area contributed by atoms with E-state index in [4.69, 9.17) is 32.5 Å². The molecule has 4 aromatic rings. The molecule has 0 spiro atoms. The zero-order chi connectivity index (χ0) is 28.2. The molecule has 2 aromatic carbocycles. The average Bonchev–Trinajstić information content (AvgIpc) is 2.96. The summed E-state index contributed by atoms with van der Waals surface area (Å²) in [7, 11) is 3.03. The number of benzene rings is 2. The summed E-state index contributed by atoms with van der Waals surface area (Å²) >= 11 is 6.32. The highest BCUT2D eigenvalue weighted by molar-refractivity contribution is 6.30. The van der Waals surface area contributed by atoms with Gasteiger partial charge in [-0.25, -0.2) is 4.98 Å². The van der Waals surface area contributed by atoms with Crippen LogP contribution in [0.1, 0.15) is 44.3 Å². The molecule has 0 amide bonds. The van der Waals surface area contributed by atoms with Gasteiger partial charge in [-0.15, -0.1) is 0 Å². The van der Waals surface area contributed by atoms with Crippen LogP contribution in [-0.2, 0) is 12.8 Å². The summed E-state index contributed by atoms with van der Waals surface area (Å²) in [5, 5.41) is 0.605. The maximum Gasteiger partial charge on any atom is 0.221 e. The second-order valence-corrected chi connectivity index (χ2v) is 9.80. The van der Waals surface area contributed by atoms with E-state index in [9.17, 15) is 4.79 Å². The van der Waals surface area contributed by atoms with Crippen molar-refractivity contribution in [2.75, 3.05) is 32.2 Å². The van der Waals surface area contributed by atoms with E-state index in [-0.39, 0.29) is 23.6 Å². The molecular formula is C30H29ClN6O3. The molecule has 0 bridgehead atoms. The van der Waals surface area contributed by atoms with Crippen LogP contribution < -0.4 is 20.9 Å². The van der Waals surface area contributed by atoms with Gasteiger partial charge in [-0.3, -0.25) is 9.78 Å². The number of hydrogen-bond acceptors (Lipinski definition) is 9. The van der Waals surface area contributed by atoms with E-state index in [1.165, 1.54) is 19.8 Å². The standard InChI is InChI=1S/C30H29ClN6O3/c1-39-26-15-18(13-20-17-35-30(33)36-29(20)32)14-23(28(26)40-2)25(38)9-12-37-11-8-19-5-3-4-6-22(19)27(37)24-16-21(31)7-10-34-24/h3-7,9-10,12,14-17,27H,8,11,13H2,1-2H3,(H4,32,33,35,36). The first-order valence-corrected chi connectivity index (χ1v) is 13.0. The normalized spacial score (nSPS) is 14.7. The zero-order valence-corrected chi connectivity index (χ0v) is 22.9. The van der Waals surface area contributed by atoms with Gasteiger partial charge in [0.1, 0.15) is 5.82 Å². The minimum Gasteiger partial charge on any atom is -0.493 e. The zero-order valence-electron chi connectivity index (χ0n) is 22.2. The van der Waals surface area contributed by atoms with E-state index < -0.39 is 0 Å². The number of rotatable bonds is 8. The predicted molar refractivity (Wildman–Crippen MR) is 155 cm³/mol. The summed E-state index contributed by atoms with van der Waals surface area (Å²) in [5.41, 5.74) is 16.7. The highest BCUT2D eigenvalue weighted by Gasteiger charge is 2.28. The van der Waals surface area contributed by atoms with Crippen LogP contribution in [0.2, 0.25) is 5.02 Å². The fourth-order valence-corrected chi connectivity index (χ4v) is 5.16. The van der Waals surface area contributed by atoms with Gasteiger partial charge in [0.2, 0.25) is 5.95 Å². The maximum atomic E-state index is 13.6. The summed E-state index contributed by atoms with van der Waals surface area (Å²) in [6, 6.07) is 15.3. The molecule has 0 saturated carbocycles. The Labute approximate surface area is 237 Å². The first-order chi connectivity index (χ1) is 19.4. The molecule has 1 unspecified atom stereocenters. The van der Waals surface area contributed by atoms with Crippen LogP contribution in [0.15, 0.2) is 73.2 Å². The maximum absolute atomic E-state index is 13.6. The van der Waals surface area contributed by atoms with Crippen molar-refractivity contribution in [3.63, 3.8) is 0 Å². The molecule has 9 nitrogen and oxygen atoms in total. The number of anilines is 2. The summed E-state index contributed by atoms with van der Waals surface area (Å²) in [5.74, 6) is 0.913. The summed E-state index contributed by atoms with van der Waals surface area (Å²) in [4.78, 5) is 28.4. The van der Waals surface area contributed by atoms with E-state index in [2.05, 4.69) is 32.0 Å². The van der Waals surface area contributed by atoms with Gasteiger partial charge in [0.05, 0.1) is 31.5 Å². The second kappa shape index (κ2) is 11.6. The lowest BCUT2D eigenvalue weighted by Gasteiger charge is -2.36. The number of aromatic nitrogens is 3. The number of fused-ring (bicyclic) bond motifs is 1. The fraction of sp³-hybridized carbons (Fsp3) is 0.200. The number of carbonyl (C=O) groups is 1. The number of nitrogens with two attached hydrogens (primary N) is 2. The lowest BCUT2D eigenvalue weighted by atomic mass is 9.90. The Bertz CT molecular complexity index is 1590. The number of halogens is 1. The minimum absolute atomic E-state index is 0.0983. The van der Waals surface area contributed by atoms with Crippen molar-refractivity contribution in [3.8, 4) is 11.5 Å². The topological polar surface area (TPSA) is 129 Å². The molecule has 4 N–H and O–H groups in total. The van der Waals surface area contributed by atoms with Gasteiger partial charge in [0.25, 0.3) is 0 Å². The number of nitrogens with zero attached hydrogens (tertiary/aromatic N) is 4. The van der Waals surface area contributed by atoms with Gasteiger partial charge in [0.15, 0.2) is 17.3 Å². The van der Waals surface area contributed by atoms with Crippen LogP contribution in [-0.4, -0.2) is 46.4 Å². The highest BCUT2D eigenvalue weighted by Crippen LogP contribution is 2.37. The number of hydrogen-bond donors (Lipinski definition) is 2. The van der Waals surface area contributed by atoms with Crippen molar-refractivity contribution in [1.29, 1.82) is 0 Å². The number of ether oxygens (including phenoxy) is 2. The lowest BCUT2D eigenvalue weighted by Crippen LogP contribution is -2.32. The van der Waals surface area contributed by atoms with Crippen molar-refractivity contribution in [3.05, 3.63) is 112 Å². The van der Waals surface area contributed by atoms with Crippen LogP contribution in [0.5, 0.6) is 11.5 Å². The van der Waals surface area contributed by atoms with Gasteiger partial charge in [0, 0.05) is 48.2 Å². The van der Waals surface area contributed by atoms with Crippen LogP contribution in [0.25, 0.3) is 0 Å². The molecule has 0 aliphatic carbocycles. The van der Waals surface area contributed by atoms with E-state index in [0.717, 1.165) is 23.2 Å². The van der Waals surface area contributed by atoms with Crippen molar-refractivity contribution >= 4 is 29.2 Å². The Morgan fingerprint density at radius 3 is 2.70 bits per heavy atom. The quantitative estimate of drug-likeness (QED) is 0.235. The van der Waals surface area contributed by atoms with Crippen molar-refractivity contribution in [2.45, 2.75) is 18.9 Å². The Morgan fingerprint density at radius 1 is 1.12 bits per heavy atom. The third-order valence-corrected chi connectivity index (χ3v) is 7.11. The number of pyridine rings is 1. The molecular weight excluding hydrogens is 528 g/mol. The Morgan fingerprint density at radius 2 is 1.95 bits per heavy atom. The molecule has 0 fully saturated rings. The van der Waals surface area contributed by atoms with Gasteiger partial charge in [-0.2, -0.15) is 4.98 Å². The molecule has 1 aliphatic heterocycles. The molecule has 0 radical (unpaired) electrons. The monoisotopic (exact) mass is 556 g/mol. The van der Waals surface area contributed by atoms with Crippen molar-refractivity contribution < 1.29 is 14.3 Å². The largest absolute Gasteiger partial charge is 0.493 e. The number of nitrogen functional groups attached to an aromatic ring is 2. The van der Waals surface area contributed by atoms with Crippen molar-refractivity contribution in [2.24, 2.45) is 0 Å². The lowest BCUT2D eigenvalue weighted by molar-refractivity contribution is 0.104. The molecule has 3 heterocycles. The van der Waals surface area contributed by atoms with Crippen LogP contribution in [0.4, 0.5) is 11.8 Å². The molecule has 10 heteroatoms. The number of ketones is 1. The molecule has 2 aromatic heterocycles. The second-order valence-electron chi connectivity index (χ2n) is 9.36. The highest BCUT2D eigenvalue weighted by atomic mass is 35.5. The SMILES string of the molecule is COc1cc(Cc2cnc(N)nc2N)cc(C(=O)C=CN2CCc3ccccc3C2c2cc(Cl)ccn2)c1OC. The fourth-order valence-electron chi connectivity index (χ4n) is 5.00. The number of allylic oxidation sites excluding steroid dienone is 1. The molecule has 1 aliphatic rings. The first kappa shape index (κ1) is 27.0. The molecule has 1 atom stereocenters. The molecule has 204 valence electrons. The minimum atomic E-state index is -0.241. The van der Waals surface area contributed by atoms with Crippen LogP contribution >= 0.6 is 11.6 Å². The van der Waals surface area contributed by atoms with Gasteiger partial charge in [-0.05, 0) is 47.4 Å². The van der Waals surface area contributed by atoms with E-state index >= 15 is 0 Å². The molecule has 0 saturated heterocycles. The average molecular weight is 557 g/mol. The van der Waals surface area contributed by atoms with E-state index in [1.54, 1.807) is 36.7 Å². The first-order valence-electron chi connectivity index (χ1n) is 12.7. The third-order valence-electron chi connectivity index (χ3n) is 6.88. The van der Waals surface area contributed by atoms with Crippen molar-refractivity contribution in [1.82, 2.24) is 19.9 Å². The summed E-state index contributed by atoms with van der Waals surface area (Å²) in [6.07, 6.45) is 7.85. The smallest absolute Gasteiger partial charge is 0.221 e. The van der Waals surface area contributed by atoms with Crippen LogP contribution in [0, 0.1) is 0 Å². The Balaban J connectivity index is 1.49. The van der Waals surface area contributed by atoms with Gasteiger partial charge in [-0.1, -0.05) is 35.9 Å². The summed E-state index contributed by atoms with van der Waals surface area (Å²) < 4.78 is 11.2. The number of carbonyl (C=O) groups excluding carboxylic acids is 1. The molecule has 40 heavy (non-hydrogen) atoms. The van der Waals surface area contributed by atoms with Gasteiger partial charge >= 0.3 is 0 Å². The van der Waals surface area contributed by atoms with E-state index in [1.807, 2.05) is 24.4 Å². The van der Waals surface area contributed by atoms with E-state index in [0.29, 0.717) is 40.6 Å². The number of methoxy groups -OCH3 is 2. The molecule has 5 rings (SSSR count). The van der Waals surface area contributed by atoms with Crippen LogP contribution in [0.3, 0.4) is 0 Å². The Hall–Kier alpha value is -4.63. The Kier molecular flexibility index (Phi) is 7.84. The summed E-state index contributed by atoms with van der Waals surface area (Å²) in [6.45, 7) is 0.705. The third kappa shape index (κ3) is 5.55. The predicted octanol–water partition coefficient (Wildman–Crippen LogP) is 4.64. The van der Waals surface area contributed by atoms with Gasteiger partial charge < -0.3 is 25.8 Å².